The molecule has 1 saturated heterocycles. The number of hydrogen-bond donors (Lipinski definition) is 0. The number of halogens is 1. The van der Waals surface area contributed by atoms with Gasteiger partial charge in [-0.05, 0) is 36.9 Å². The van der Waals surface area contributed by atoms with Crippen LogP contribution in [-0.2, 0) is 0 Å². The fourth-order valence-electron chi connectivity index (χ4n) is 2.42. The number of likely N-dealkylation sites (N-methyl/N-ethyl adjacent to an activating group) is 1. The van der Waals surface area contributed by atoms with Gasteiger partial charge < -0.3 is 9.80 Å². The van der Waals surface area contributed by atoms with Crippen molar-refractivity contribution in [3.63, 3.8) is 0 Å². The molecular weight excluding hydrogens is 253 g/mol. The molecule has 0 radical (unpaired) electrons. The summed E-state index contributed by atoms with van der Waals surface area (Å²) in [4.78, 5) is 9.16. The summed E-state index contributed by atoms with van der Waals surface area (Å²) in [5.74, 6) is 0.805. The number of pyridine rings is 1. The second-order valence-electron chi connectivity index (χ2n) is 5.20. The van der Waals surface area contributed by atoms with Crippen molar-refractivity contribution in [2.45, 2.75) is 0 Å². The predicted molar refractivity (Wildman–Crippen MR) is 79.3 cm³/mol. The maximum Gasteiger partial charge on any atom is 0.128 e. The Balaban J connectivity index is 1.76. The van der Waals surface area contributed by atoms with Crippen LogP contribution in [0.15, 0.2) is 42.6 Å². The van der Waals surface area contributed by atoms with Crippen molar-refractivity contribution in [3.05, 3.63) is 48.4 Å². The Morgan fingerprint density at radius 3 is 2.15 bits per heavy atom. The summed E-state index contributed by atoms with van der Waals surface area (Å²) in [5, 5.41) is 0. The van der Waals surface area contributed by atoms with Crippen LogP contribution in [-0.4, -0.2) is 43.1 Å². The zero-order valence-electron chi connectivity index (χ0n) is 11.6. The van der Waals surface area contributed by atoms with Crippen LogP contribution in [0.5, 0.6) is 0 Å². The molecule has 1 aliphatic rings. The van der Waals surface area contributed by atoms with E-state index in [0.717, 1.165) is 43.1 Å². The molecule has 2 aromatic rings. The monoisotopic (exact) mass is 271 g/mol. The molecule has 0 saturated carbocycles. The molecule has 0 spiro atoms. The van der Waals surface area contributed by atoms with E-state index in [2.05, 4.69) is 21.8 Å². The molecule has 0 unspecified atom stereocenters. The summed E-state index contributed by atoms with van der Waals surface area (Å²) in [5.41, 5.74) is 2.01. The van der Waals surface area contributed by atoms with E-state index in [-0.39, 0.29) is 5.82 Å². The molecule has 0 aliphatic carbocycles. The first-order chi connectivity index (χ1) is 9.72. The minimum atomic E-state index is -0.212. The lowest BCUT2D eigenvalue weighted by molar-refractivity contribution is 0.312. The third-order valence-corrected chi connectivity index (χ3v) is 3.75. The average Bonchev–Trinajstić information content (AvgIpc) is 2.49. The van der Waals surface area contributed by atoms with E-state index in [4.69, 9.17) is 0 Å². The fourth-order valence-corrected chi connectivity index (χ4v) is 2.42. The Labute approximate surface area is 118 Å². The zero-order valence-corrected chi connectivity index (χ0v) is 11.6. The summed E-state index contributed by atoms with van der Waals surface area (Å²) in [6.07, 6.45) is 1.86. The molecule has 20 heavy (non-hydrogen) atoms. The smallest absolute Gasteiger partial charge is 0.128 e. The number of benzene rings is 1. The first kappa shape index (κ1) is 13.1. The highest BCUT2D eigenvalue weighted by molar-refractivity contribution is 5.63. The Hall–Kier alpha value is -1.94. The van der Waals surface area contributed by atoms with E-state index < -0.39 is 0 Å². The van der Waals surface area contributed by atoms with Gasteiger partial charge in [0.1, 0.15) is 11.6 Å². The largest absolute Gasteiger partial charge is 0.354 e. The van der Waals surface area contributed by atoms with Crippen molar-refractivity contribution in [3.8, 4) is 11.1 Å². The van der Waals surface area contributed by atoms with Crippen molar-refractivity contribution in [1.82, 2.24) is 9.88 Å². The van der Waals surface area contributed by atoms with Crippen LogP contribution in [0.4, 0.5) is 10.2 Å². The Morgan fingerprint density at radius 1 is 0.900 bits per heavy atom. The standard InChI is InChI=1S/C16H18FN3/c1-19-8-10-20(11-9-19)16-7-4-14(12-18-16)13-2-5-15(17)6-3-13/h2-7,12H,8-11H2,1H3. The quantitative estimate of drug-likeness (QED) is 0.837. The zero-order chi connectivity index (χ0) is 13.9. The third kappa shape index (κ3) is 2.80. The van der Waals surface area contributed by atoms with E-state index in [0.29, 0.717) is 0 Å². The lowest BCUT2D eigenvalue weighted by Gasteiger charge is -2.33. The summed E-state index contributed by atoms with van der Waals surface area (Å²) < 4.78 is 12.9. The first-order valence-corrected chi connectivity index (χ1v) is 6.88. The van der Waals surface area contributed by atoms with Crippen molar-refractivity contribution in [2.24, 2.45) is 0 Å². The van der Waals surface area contributed by atoms with E-state index in [9.17, 15) is 4.39 Å². The predicted octanol–water partition coefficient (Wildman–Crippen LogP) is 2.64. The molecule has 1 fully saturated rings. The SMILES string of the molecule is CN1CCN(c2ccc(-c3ccc(F)cc3)cn2)CC1. The van der Waals surface area contributed by atoms with Gasteiger partial charge in [-0.15, -0.1) is 0 Å². The Kier molecular flexibility index (Phi) is 3.65. The van der Waals surface area contributed by atoms with Gasteiger partial charge in [-0.3, -0.25) is 0 Å². The molecule has 0 atom stereocenters. The molecule has 1 aromatic carbocycles. The van der Waals surface area contributed by atoms with Crippen molar-refractivity contribution in [1.29, 1.82) is 0 Å². The maximum atomic E-state index is 12.9. The fraction of sp³-hybridized carbons (Fsp3) is 0.312. The number of rotatable bonds is 2. The minimum absolute atomic E-state index is 0.212. The van der Waals surface area contributed by atoms with Gasteiger partial charge in [0.05, 0.1) is 0 Å². The summed E-state index contributed by atoms with van der Waals surface area (Å²) >= 11 is 0. The maximum absolute atomic E-state index is 12.9. The second-order valence-corrected chi connectivity index (χ2v) is 5.20. The van der Waals surface area contributed by atoms with E-state index in [1.54, 1.807) is 12.1 Å². The van der Waals surface area contributed by atoms with Gasteiger partial charge in [-0.25, -0.2) is 9.37 Å². The Bertz CT molecular complexity index is 557. The normalized spacial score (nSPS) is 16.4. The second kappa shape index (κ2) is 5.59. The van der Waals surface area contributed by atoms with Crippen molar-refractivity contribution < 1.29 is 4.39 Å². The molecule has 0 bridgehead atoms. The molecule has 4 heteroatoms. The molecule has 3 rings (SSSR count). The van der Waals surface area contributed by atoms with Gasteiger partial charge in [0, 0.05) is 37.9 Å². The van der Waals surface area contributed by atoms with E-state index in [1.807, 2.05) is 18.3 Å². The van der Waals surface area contributed by atoms with Crippen LogP contribution >= 0.6 is 0 Å². The summed E-state index contributed by atoms with van der Waals surface area (Å²) in [6.45, 7) is 4.17. The molecule has 0 amide bonds. The van der Waals surface area contributed by atoms with Gasteiger partial charge in [0.2, 0.25) is 0 Å². The average molecular weight is 271 g/mol. The summed E-state index contributed by atoms with van der Waals surface area (Å²) in [7, 11) is 2.14. The number of anilines is 1. The van der Waals surface area contributed by atoms with Crippen LogP contribution in [0.3, 0.4) is 0 Å². The van der Waals surface area contributed by atoms with Crippen molar-refractivity contribution in [2.75, 3.05) is 38.1 Å². The number of piperazine rings is 1. The van der Waals surface area contributed by atoms with Crippen LogP contribution in [0.25, 0.3) is 11.1 Å². The van der Waals surface area contributed by atoms with Crippen LogP contribution in [0.2, 0.25) is 0 Å². The van der Waals surface area contributed by atoms with E-state index in [1.165, 1.54) is 12.1 Å². The number of aromatic nitrogens is 1. The highest BCUT2D eigenvalue weighted by atomic mass is 19.1. The molecular formula is C16H18FN3. The van der Waals surface area contributed by atoms with Crippen LogP contribution in [0, 0.1) is 5.82 Å². The van der Waals surface area contributed by atoms with Gasteiger partial charge in [0.15, 0.2) is 0 Å². The lowest BCUT2D eigenvalue weighted by atomic mass is 10.1. The topological polar surface area (TPSA) is 19.4 Å². The molecule has 2 heterocycles. The van der Waals surface area contributed by atoms with Gasteiger partial charge in [0.25, 0.3) is 0 Å². The summed E-state index contributed by atoms with van der Waals surface area (Å²) in [6, 6.07) is 10.6. The first-order valence-electron chi connectivity index (χ1n) is 6.88. The molecule has 1 aliphatic heterocycles. The highest BCUT2D eigenvalue weighted by Gasteiger charge is 2.14. The van der Waals surface area contributed by atoms with Gasteiger partial charge in [-0.2, -0.15) is 0 Å². The molecule has 0 N–H and O–H groups in total. The van der Waals surface area contributed by atoms with Gasteiger partial charge >= 0.3 is 0 Å². The number of hydrogen-bond acceptors (Lipinski definition) is 3. The number of nitrogens with zero attached hydrogens (tertiary/aromatic N) is 3. The molecule has 104 valence electrons. The third-order valence-electron chi connectivity index (χ3n) is 3.75. The van der Waals surface area contributed by atoms with Crippen molar-refractivity contribution >= 4 is 5.82 Å². The van der Waals surface area contributed by atoms with Crippen LogP contribution in [0.1, 0.15) is 0 Å². The highest BCUT2D eigenvalue weighted by Crippen LogP contribution is 2.21. The van der Waals surface area contributed by atoms with E-state index >= 15 is 0 Å². The van der Waals surface area contributed by atoms with Gasteiger partial charge in [-0.1, -0.05) is 12.1 Å². The molecule has 3 nitrogen and oxygen atoms in total. The Morgan fingerprint density at radius 2 is 1.55 bits per heavy atom. The lowest BCUT2D eigenvalue weighted by Crippen LogP contribution is -2.44. The van der Waals surface area contributed by atoms with Crippen LogP contribution < -0.4 is 4.90 Å². The minimum Gasteiger partial charge on any atom is -0.354 e. The molecule has 1 aromatic heterocycles.